The van der Waals surface area contributed by atoms with Gasteiger partial charge >= 0.3 is 0 Å². The van der Waals surface area contributed by atoms with Gasteiger partial charge in [-0.05, 0) is 42.3 Å². The lowest BCUT2D eigenvalue weighted by molar-refractivity contribution is -0.129. The number of ether oxygens (including phenoxy) is 1. The Balaban J connectivity index is 1.77. The summed E-state index contributed by atoms with van der Waals surface area (Å²) in [6, 6.07) is 15.3. The van der Waals surface area contributed by atoms with E-state index in [1.807, 2.05) is 55.5 Å². The molecule has 0 heterocycles. The predicted octanol–water partition coefficient (Wildman–Crippen LogP) is 2.66. The zero-order valence-corrected chi connectivity index (χ0v) is 13.1. The topological polar surface area (TPSA) is 55.6 Å². The first kappa shape index (κ1) is 15.9. The van der Waals surface area contributed by atoms with Crippen molar-refractivity contribution in [3.05, 3.63) is 59.7 Å². The van der Waals surface area contributed by atoms with Gasteiger partial charge in [0.25, 0.3) is 0 Å². The van der Waals surface area contributed by atoms with E-state index in [2.05, 4.69) is 0 Å². The number of likely N-dealkylation sites (N-methyl/N-ethyl adjacent to an activating group) is 1. The van der Waals surface area contributed by atoms with Crippen LogP contribution >= 0.6 is 0 Å². The molecule has 0 aliphatic carbocycles. The van der Waals surface area contributed by atoms with Crippen molar-refractivity contribution in [3.8, 4) is 5.75 Å². The second kappa shape index (κ2) is 7.50. The number of carbonyl (C=O) groups is 1. The molecule has 0 bridgehead atoms. The Bertz CT molecular complexity index is 623. The van der Waals surface area contributed by atoms with E-state index in [9.17, 15) is 4.79 Å². The second-order valence-electron chi connectivity index (χ2n) is 5.40. The summed E-state index contributed by atoms with van der Waals surface area (Å²) in [5, 5.41) is 0. The fraction of sp³-hybridized carbons (Fsp3) is 0.278. The molecule has 116 valence electrons. The van der Waals surface area contributed by atoms with Crippen LogP contribution in [0.3, 0.4) is 0 Å². The van der Waals surface area contributed by atoms with Crippen LogP contribution in [0.15, 0.2) is 48.5 Å². The Morgan fingerprint density at radius 2 is 1.91 bits per heavy atom. The fourth-order valence-electron chi connectivity index (χ4n) is 2.08. The third kappa shape index (κ3) is 4.81. The summed E-state index contributed by atoms with van der Waals surface area (Å²) >= 11 is 0. The van der Waals surface area contributed by atoms with Gasteiger partial charge in [0.05, 0.1) is 13.0 Å². The molecule has 0 aromatic heterocycles. The Hall–Kier alpha value is -2.49. The normalized spacial score (nSPS) is 10.3. The van der Waals surface area contributed by atoms with Gasteiger partial charge in [-0.2, -0.15) is 0 Å². The number of nitrogens with two attached hydrogens (primary N) is 1. The molecule has 22 heavy (non-hydrogen) atoms. The first-order valence-electron chi connectivity index (χ1n) is 7.32. The summed E-state index contributed by atoms with van der Waals surface area (Å²) < 4.78 is 5.66. The summed E-state index contributed by atoms with van der Waals surface area (Å²) in [6.07, 6.45) is 0.376. The van der Waals surface area contributed by atoms with Crippen molar-refractivity contribution >= 4 is 11.6 Å². The van der Waals surface area contributed by atoms with Crippen molar-refractivity contribution in [2.24, 2.45) is 0 Å². The first-order valence-corrected chi connectivity index (χ1v) is 7.32. The Kier molecular flexibility index (Phi) is 5.42. The van der Waals surface area contributed by atoms with E-state index in [4.69, 9.17) is 10.5 Å². The lowest BCUT2D eigenvalue weighted by Gasteiger charge is -2.17. The number of benzene rings is 2. The molecule has 0 aliphatic heterocycles. The van der Waals surface area contributed by atoms with E-state index in [0.29, 0.717) is 25.3 Å². The average Bonchev–Trinajstić information content (AvgIpc) is 2.49. The molecule has 0 saturated carbocycles. The largest absolute Gasteiger partial charge is 0.492 e. The highest BCUT2D eigenvalue weighted by atomic mass is 16.5. The molecule has 0 unspecified atom stereocenters. The summed E-state index contributed by atoms with van der Waals surface area (Å²) in [4.78, 5) is 13.8. The van der Waals surface area contributed by atoms with Crippen LogP contribution in [0.4, 0.5) is 5.69 Å². The quantitative estimate of drug-likeness (QED) is 0.834. The molecule has 2 aromatic rings. The fourth-order valence-corrected chi connectivity index (χ4v) is 2.08. The lowest BCUT2D eigenvalue weighted by Crippen LogP contribution is -2.32. The SMILES string of the molecule is Cc1cccc(OCCN(C)C(=O)Cc2ccc(N)cc2)c1. The number of nitrogen functional groups attached to an aromatic ring is 1. The molecular weight excluding hydrogens is 276 g/mol. The minimum atomic E-state index is 0.0672. The number of aryl methyl sites for hydroxylation is 1. The first-order chi connectivity index (χ1) is 10.5. The van der Waals surface area contributed by atoms with Gasteiger partial charge in [0.15, 0.2) is 0 Å². The molecule has 0 saturated heterocycles. The molecule has 0 atom stereocenters. The van der Waals surface area contributed by atoms with Gasteiger partial charge in [-0.15, -0.1) is 0 Å². The zero-order valence-electron chi connectivity index (χ0n) is 13.1. The monoisotopic (exact) mass is 298 g/mol. The van der Waals surface area contributed by atoms with E-state index in [0.717, 1.165) is 16.9 Å². The standard InChI is InChI=1S/C18H22N2O2/c1-14-4-3-5-17(12-14)22-11-10-20(2)18(21)13-15-6-8-16(19)9-7-15/h3-9,12H,10-11,13,19H2,1-2H3. The van der Waals surface area contributed by atoms with Crippen LogP contribution in [0.1, 0.15) is 11.1 Å². The van der Waals surface area contributed by atoms with Crippen molar-refractivity contribution in [1.82, 2.24) is 4.90 Å². The smallest absolute Gasteiger partial charge is 0.226 e. The summed E-state index contributed by atoms with van der Waals surface area (Å²) in [7, 11) is 1.79. The number of hydrogen-bond donors (Lipinski definition) is 1. The maximum Gasteiger partial charge on any atom is 0.226 e. The van der Waals surface area contributed by atoms with Crippen LogP contribution in [-0.2, 0) is 11.2 Å². The van der Waals surface area contributed by atoms with Crippen molar-refractivity contribution in [2.75, 3.05) is 25.9 Å². The highest BCUT2D eigenvalue weighted by molar-refractivity contribution is 5.78. The van der Waals surface area contributed by atoms with Gasteiger partial charge in [0.1, 0.15) is 12.4 Å². The minimum absolute atomic E-state index is 0.0672. The molecule has 2 N–H and O–H groups in total. The van der Waals surface area contributed by atoms with Crippen molar-refractivity contribution in [1.29, 1.82) is 0 Å². The van der Waals surface area contributed by atoms with Crippen LogP contribution in [0.2, 0.25) is 0 Å². The van der Waals surface area contributed by atoms with Gasteiger partial charge < -0.3 is 15.4 Å². The van der Waals surface area contributed by atoms with E-state index in [1.54, 1.807) is 11.9 Å². The second-order valence-corrected chi connectivity index (χ2v) is 5.40. The molecule has 0 radical (unpaired) electrons. The summed E-state index contributed by atoms with van der Waals surface area (Å²) in [5.41, 5.74) is 8.46. The van der Waals surface area contributed by atoms with Crippen LogP contribution < -0.4 is 10.5 Å². The Morgan fingerprint density at radius 3 is 2.59 bits per heavy atom. The maximum atomic E-state index is 12.1. The molecular formula is C18H22N2O2. The number of carbonyl (C=O) groups excluding carboxylic acids is 1. The number of nitrogens with zero attached hydrogens (tertiary/aromatic N) is 1. The average molecular weight is 298 g/mol. The molecule has 0 fully saturated rings. The van der Waals surface area contributed by atoms with Crippen molar-refractivity contribution in [2.45, 2.75) is 13.3 Å². The highest BCUT2D eigenvalue weighted by Crippen LogP contribution is 2.12. The molecule has 0 aliphatic rings. The third-order valence-corrected chi connectivity index (χ3v) is 3.45. The lowest BCUT2D eigenvalue weighted by atomic mass is 10.1. The maximum absolute atomic E-state index is 12.1. The minimum Gasteiger partial charge on any atom is -0.492 e. The molecule has 2 rings (SSSR count). The third-order valence-electron chi connectivity index (χ3n) is 3.45. The molecule has 4 nitrogen and oxygen atoms in total. The Labute approximate surface area is 131 Å². The van der Waals surface area contributed by atoms with Crippen molar-refractivity contribution < 1.29 is 9.53 Å². The molecule has 0 spiro atoms. The van der Waals surface area contributed by atoms with Gasteiger partial charge in [-0.1, -0.05) is 24.3 Å². The van der Waals surface area contributed by atoms with E-state index in [1.165, 1.54) is 0 Å². The van der Waals surface area contributed by atoms with Crippen LogP contribution in [0.5, 0.6) is 5.75 Å². The van der Waals surface area contributed by atoms with Crippen LogP contribution in [0, 0.1) is 6.92 Å². The summed E-state index contributed by atoms with van der Waals surface area (Å²) in [6.45, 7) is 3.06. The van der Waals surface area contributed by atoms with Gasteiger partial charge in [-0.25, -0.2) is 0 Å². The van der Waals surface area contributed by atoms with E-state index in [-0.39, 0.29) is 5.91 Å². The predicted molar refractivity (Wildman–Crippen MR) is 88.9 cm³/mol. The Morgan fingerprint density at radius 1 is 1.18 bits per heavy atom. The summed E-state index contributed by atoms with van der Waals surface area (Å²) in [5.74, 6) is 0.900. The zero-order chi connectivity index (χ0) is 15.9. The molecule has 2 aromatic carbocycles. The van der Waals surface area contributed by atoms with Crippen LogP contribution in [-0.4, -0.2) is 31.0 Å². The van der Waals surface area contributed by atoms with Gasteiger partial charge in [0, 0.05) is 12.7 Å². The van der Waals surface area contributed by atoms with E-state index >= 15 is 0 Å². The van der Waals surface area contributed by atoms with Crippen LogP contribution in [0.25, 0.3) is 0 Å². The van der Waals surface area contributed by atoms with Gasteiger partial charge in [0.2, 0.25) is 5.91 Å². The van der Waals surface area contributed by atoms with Gasteiger partial charge in [-0.3, -0.25) is 4.79 Å². The molecule has 4 heteroatoms. The molecule has 1 amide bonds. The number of amides is 1. The number of hydrogen-bond acceptors (Lipinski definition) is 3. The van der Waals surface area contributed by atoms with E-state index < -0.39 is 0 Å². The van der Waals surface area contributed by atoms with Crippen molar-refractivity contribution in [3.63, 3.8) is 0 Å². The number of anilines is 1. The highest BCUT2D eigenvalue weighted by Gasteiger charge is 2.09. The number of rotatable bonds is 6.